The van der Waals surface area contributed by atoms with Crippen molar-refractivity contribution in [1.82, 2.24) is 20.4 Å². The Bertz CT molecular complexity index is 679. The summed E-state index contributed by atoms with van der Waals surface area (Å²) < 4.78 is 10.8. The number of nitrogens with zero attached hydrogens (tertiary/aromatic N) is 3. The molecule has 0 aliphatic carbocycles. The molecular formula is C21H36IN5O3. The molecular weight excluding hydrogens is 497 g/mol. The summed E-state index contributed by atoms with van der Waals surface area (Å²) in [5, 5.41) is 6.68. The van der Waals surface area contributed by atoms with E-state index in [9.17, 15) is 4.79 Å². The lowest BCUT2D eigenvalue weighted by Crippen LogP contribution is -2.45. The van der Waals surface area contributed by atoms with Crippen molar-refractivity contribution in [3.8, 4) is 5.75 Å². The van der Waals surface area contributed by atoms with Gasteiger partial charge in [0.25, 0.3) is 0 Å². The van der Waals surface area contributed by atoms with E-state index in [4.69, 9.17) is 9.47 Å². The molecule has 0 aromatic heterocycles. The summed E-state index contributed by atoms with van der Waals surface area (Å²) >= 11 is 0. The first kappa shape index (κ1) is 26.4. The number of methoxy groups -OCH3 is 1. The number of halogens is 1. The standard InChI is InChI=1S/C21H35N5O3.HI/c1-17-5-6-18(15-19(17)28-4)7-8-22-21(24-16-20(27)25(2)3)23-9-10-26-11-13-29-14-12-26;/h5-6,15H,7-14,16H2,1-4H3,(H2,22,23,24);1H. The van der Waals surface area contributed by atoms with Gasteiger partial charge in [-0.1, -0.05) is 12.1 Å². The smallest absolute Gasteiger partial charge is 0.243 e. The zero-order valence-corrected chi connectivity index (χ0v) is 20.9. The van der Waals surface area contributed by atoms with E-state index >= 15 is 0 Å². The van der Waals surface area contributed by atoms with Crippen LogP contribution in [0.25, 0.3) is 0 Å². The summed E-state index contributed by atoms with van der Waals surface area (Å²) in [4.78, 5) is 20.2. The van der Waals surface area contributed by atoms with Gasteiger partial charge in [-0.2, -0.15) is 0 Å². The molecule has 2 rings (SSSR count). The van der Waals surface area contributed by atoms with E-state index in [1.54, 1.807) is 26.1 Å². The molecule has 0 radical (unpaired) electrons. The van der Waals surface area contributed by atoms with Gasteiger partial charge in [0.15, 0.2) is 5.96 Å². The van der Waals surface area contributed by atoms with E-state index in [-0.39, 0.29) is 36.4 Å². The van der Waals surface area contributed by atoms with Gasteiger partial charge in [-0.15, -0.1) is 24.0 Å². The van der Waals surface area contributed by atoms with Crippen LogP contribution in [-0.4, -0.2) is 95.4 Å². The first-order valence-corrected chi connectivity index (χ1v) is 10.2. The first-order valence-electron chi connectivity index (χ1n) is 10.2. The molecule has 1 amide bonds. The Morgan fingerprint density at radius 3 is 2.60 bits per heavy atom. The molecule has 0 spiro atoms. The largest absolute Gasteiger partial charge is 0.496 e. The number of carbonyl (C=O) groups excluding carboxylic acids is 1. The molecule has 0 unspecified atom stereocenters. The number of carbonyl (C=O) groups is 1. The minimum atomic E-state index is -0.0254. The number of aryl methyl sites for hydroxylation is 1. The first-order chi connectivity index (χ1) is 14.0. The number of benzene rings is 1. The van der Waals surface area contributed by atoms with Crippen molar-refractivity contribution < 1.29 is 14.3 Å². The van der Waals surface area contributed by atoms with E-state index in [1.165, 1.54) is 5.56 Å². The summed E-state index contributed by atoms with van der Waals surface area (Å²) in [6.07, 6.45) is 0.836. The summed E-state index contributed by atoms with van der Waals surface area (Å²) in [6.45, 7) is 8.04. The maximum atomic E-state index is 11.9. The van der Waals surface area contributed by atoms with Gasteiger partial charge in [-0.3, -0.25) is 9.69 Å². The van der Waals surface area contributed by atoms with Crippen LogP contribution in [0.15, 0.2) is 23.2 Å². The van der Waals surface area contributed by atoms with E-state index < -0.39 is 0 Å². The molecule has 0 saturated carbocycles. The number of guanidine groups is 1. The predicted octanol–water partition coefficient (Wildman–Crippen LogP) is 1.12. The highest BCUT2D eigenvalue weighted by Gasteiger charge is 2.10. The quantitative estimate of drug-likeness (QED) is 0.282. The van der Waals surface area contributed by atoms with Crippen LogP contribution in [0.1, 0.15) is 11.1 Å². The molecule has 1 aromatic rings. The number of aliphatic imine (C=N–C) groups is 1. The molecule has 1 aromatic carbocycles. The number of nitrogens with one attached hydrogen (secondary N) is 2. The van der Waals surface area contributed by atoms with Crippen LogP contribution < -0.4 is 15.4 Å². The van der Waals surface area contributed by atoms with E-state index in [2.05, 4.69) is 38.7 Å². The molecule has 9 heteroatoms. The highest BCUT2D eigenvalue weighted by Crippen LogP contribution is 2.18. The van der Waals surface area contributed by atoms with Gasteiger partial charge in [0.1, 0.15) is 12.3 Å². The van der Waals surface area contributed by atoms with Gasteiger partial charge in [0.2, 0.25) is 5.91 Å². The summed E-state index contributed by atoms with van der Waals surface area (Å²) in [6, 6.07) is 6.24. The Morgan fingerprint density at radius 2 is 1.93 bits per heavy atom. The Labute approximate surface area is 197 Å². The van der Waals surface area contributed by atoms with E-state index in [0.717, 1.165) is 57.1 Å². The third-order valence-corrected chi connectivity index (χ3v) is 4.87. The second kappa shape index (κ2) is 14.4. The van der Waals surface area contributed by atoms with E-state index in [0.29, 0.717) is 12.5 Å². The Balaban J connectivity index is 0.00000450. The Hall–Kier alpha value is -1.59. The molecule has 2 N–H and O–H groups in total. The lowest BCUT2D eigenvalue weighted by Gasteiger charge is -2.26. The van der Waals surface area contributed by atoms with Crippen molar-refractivity contribution in [3.05, 3.63) is 29.3 Å². The minimum absolute atomic E-state index is 0. The number of likely N-dealkylation sites (N-methyl/N-ethyl adjacent to an activating group) is 1. The van der Waals surface area contributed by atoms with Gasteiger partial charge >= 0.3 is 0 Å². The second-order valence-corrected chi connectivity index (χ2v) is 7.31. The molecule has 1 aliphatic rings. The van der Waals surface area contributed by atoms with Crippen LogP contribution in [-0.2, 0) is 16.0 Å². The van der Waals surface area contributed by atoms with Crippen LogP contribution >= 0.6 is 24.0 Å². The highest BCUT2D eigenvalue weighted by molar-refractivity contribution is 14.0. The number of amides is 1. The minimum Gasteiger partial charge on any atom is -0.496 e. The molecule has 30 heavy (non-hydrogen) atoms. The highest BCUT2D eigenvalue weighted by atomic mass is 127. The van der Waals surface area contributed by atoms with Crippen LogP contribution in [0.2, 0.25) is 0 Å². The second-order valence-electron chi connectivity index (χ2n) is 7.31. The lowest BCUT2D eigenvalue weighted by molar-refractivity contribution is -0.127. The molecule has 1 saturated heterocycles. The number of ether oxygens (including phenoxy) is 2. The van der Waals surface area contributed by atoms with Crippen LogP contribution in [0.3, 0.4) is 0 Å². The number of hydrogen-bond donors (Lipinski definition) is 2. The number of hydrogen-bond acceptors (Lipinski definition) is 5. The average molecular weight is 533 g/mol. The molecule has 1 heterocycles. The fourth-order valence-electron chi connectivity index (χ4n) is 2.96. The fraction of sp³-hybridized carbons (Fsp3) is 0.619. The van der Waals surface area contributed by atoms with Gasteiger partial charge in [-0.05, 0) is 30.5 Å². The van der Waals surface area contributed by atoms with Crippen molar-refractivity contribution in [1.29, 1.82) is 0 Å². The van der Waals surface area contributed by atoms with Crippen LogP contribution in [0.5, 0.6) is 5.75 Å². The van der Waals surface area contributed by atoms with Gasteiger partial charge in [0, 0.05) is 46.8 Å². The van der Waals surface area contributed by atoms with Crippen LogP contribution in [0.4, 0.5) is 0 Å². The van der Waals surface area contributed by atoms with Gasteiger partial charge < -0.3 is 25.0 Å². The van der Waals surface area contributed by atoms with Crippen molar-refractivity contribution in [2.24, 2.45) is 4.99 Å². The molecule has 1 fully saturated rings. The molecule has 0 atom stereocenters. The number of morpholine rings is 1. The predicted molar refractivity (Wildman–Crippen MR) is 131 cm³/mol. The summed E-state index contributed by atoms with van der Waals surface area (Å²) in [7, 11) is 5.17. The van der Waals surface area contributed by atoms with Crippen molar-refractivity contribution in [3.63, 3.8) is 0 Å². The zero-order valence-electron chi connectivity index (χ0n) is 18.6. The monoisotopic (exact) mass is 533 g/mol. The lowest BCUT2D eigenvalue weighted by atomic mass is 10.1. The normalized spacial score (nSPS) is 14.6. The third-order valence-electron chi connectivity index (χ3n) is 4.87. The molecule has 8 nitrogen and oxygen atoms in total. The van der Waals surface area contributed by atoms with Crippen molar-refractivity contribution in [2.45, 2.75) is 13.3 Å². The summed E-state index contributed by atoms with van der Waals surface area (Å²) in [5.41, 5.74) is 2.32. The SMILES string of the molecule is COc1cc(CCNC(=NCC(=O)N(C)C)NCCN2CCOCC2)ccc1C.I. The Kier molecular flexibility index (Phi) is 12.7. The molecule has 1 aliphatic heterocycles. The fourth-order valence-corrected chi connectivity index (χ4v) is 2.96. The number of rotatable bonds is 9. The van der Waals surface area contributed by atoms with Gasteiger partial charge in [0.05, 0.1) is 20.3 Å². The Morgan fingerprint density at radius 1 is 1.23 bits per heavy atom. The summed E-state index contributed by atoms with van der Waals surface area (Å²) in [5.74, 6) is 1.53. The molecule has 0 bridgehead atoms. The van der Waals surface area contributed by atoms with Gasteiger partial charge in [-0.25, -0.2) is 4.99 Å². The topological polar surface area (TPSA) is 78.4 Å². The average Bonchev–Trinajstić information content (AvgIpc) is 2.73. The molecule has 170 valence electrons. The maximum absolute atomic E-state index is 11.9. The zero-order chi connectivity index (χ0) is 21.1. The third kappa shape index (κ3) is 9.48. The van der Waals surface area contributed by atoms with Crippen molar-refractivity contribution in [2.75, 3.05) is 73.7 Å². The maximum Gasteiger partial charge on any atom is 0.243 e. The van der Waals surface area contributed by atoms with Crippen molar-refractivity contribution >= 4 is 35.8 Å². The van der Waals surface area contributed by atoms with E-state index in [1.807, 2.05) is 6.92 Å². The van der Waals surface area contributed by atoms with Crippen LogP contribution in [0, 0.1) is 6.92 Å².